The summed E-state index contributed by atoms with van der Waals surface area (Å²) in [7, 11) is -3.40. The monoisotopic (exact) mass is 857 g/mol. The number of hydrogen-bond acceptors (Lipinski definition) is 8. The van der Waals surface area contributed by atoms with Crippen molar-refractivity contribution in [1.29, 1.82) is 0 Å². The van der Waals surface area contributed by atoms with Crippen LogP contribution in [0, 0.1) is 0 Å². The van der Waals surface area contributed by atoms with Crippen LogP contribution in [0.25, 0.3) is 0 Å². The Kier molecular flexibility index (Phi) is 39.7. The van der Waals surface area contributed by atoms with Crippen molar-refractivity contribution < 1.29 is 37.1 Å². The molecule has 0 unspecified atom stereocenters. The van der Waals surface area contributed by atoms with Gasteiger partial charge in [0.05, 0.1) is 6.61 Å². The number of ether oxygens (including phenoxy) is 2. The first-order valence-corrected chi connectivity index (χ1v) is 26.7. The minimum atomic E-state index is -3.40. The Bertz CT molecular complexity index is 1120. The van der Waals surface area contributed by atoms with E-state index < -0.39 is 21.5 Å². The second-order valence-electron chi connectivity index (χ2n) is 17.2. The molecule has 0 fully saturated rings. The maximum absolute atomic E-state index is 13.3. The molecule has 2 amide bonds. The summed E-state index contributed by atoms with van der Waals surface area (Å²) >= 11 is 0. The van der Waals surface area contributed by atoms with Gasteiger partial charge in [0.2, 0.25) is 11.8 Å². The summed E-state index contributed by atoms with van der Waals surface area (Å²) in [6, 6.07) is 0. The van der Waals surface area contributed by atoms with E-state index in [9.17, 15) is 27.6 Å². The molecule has 0 spiro atoms. The summed E-state index contributed by atoms with van der Waals surface area (Å²) < 4.78 is 34.3. The first kappa shape index (κ1) is 56.8. The number of rotatable bonds is 44. The van der Waals surface area contributed by atoms with Gasteiger partial charge in [-0.1, -0.05) is 156 Å². The molecule has 0 aliphatic carbocycles. The minimum Gasteiger partial charge on any atom is -0.466 e. The number of amides is 2. The molecule has 1 N–H and O–H groups in total. The molecular weight excluding hydrogens is 765 g/mol. The van der Waals surface area contributed by atoms with Crippen molar-refractivity contribution in [2.24, 2.45) is 0 Å². The van der Waals surface area contributed by atoms with Crippen molar-refractivity contribution >= 4 is 33.6 Å². The van der Waals surface area contributed by atoms with Gasteiger partial charge >= 0.3 is 11.9 Å². The SMILES string of the molecule is CCCCCCCCCOC(=O)CCCCCCCN(CCCNC(=O)CS(C)(=O)=O)C(=O)CCCCCCC(=O)OC(CCCCCCCC)CCCCCCCC. The van der Waals surface area contributed by atoms with Gasteiger partial charge < -0.3 is 19.7 Å². The third-order valence-corrected chi connectivity index (χ3v) is 11.9. The summed E-state index contributed by atoms with van der Waals surface area (Å²) in [6.07, 6.45) is 35.9. The van der Waals surface area contributed by atoms with Crippen molar-refractivity contribution in [2.45, 2.75) is 245 Å². The summed E-state index contributed by atoms with van der Waals surface area (Å²) in [6.45, 7) is 8.64. The predicted molar refractivity (Wildman–Crippen MR) is 244 cm³/mol. The second kappa shape index (κ2) is 41.2. The van der Waals surface area contributed by atoms with Crippen LogP contribution in [0.2, 0.25) is 0 Å². The van der Waals surface area contributed by atoms with Gasteiger partial charge in [-0.2, -0.15) is 0 Å². The summed E-state index contributed by atoms with van der Waals surface area (Å²) in [5.74, 6) is -1.17. The number of carbonyl (C=O) groups is 4. The fourth-order valence-corrected chi connectivity index (χ4v) is 8.02. The molecule has 0 saturated heterocycles. The third kappa shape index (κ3) is 41.0. The van der Waals surface area contributed by atoms with E-state index in [1.54, 1.807) is 0 Å². The summed E-state index contributed by atoms with van der Waals surface area (Å²) in [5.41, 5.74) is 0. The second-order valence-corrected chi connectivity index (χ2v) is 19.3. The van der Waals surface area contributed by atoms with E-state index in [0.29, 0.717) is 51.9 Å². The van der Waals surface area contributed by atoms with Crippen LogP contribution in [-0.2, 0) is 38.5 Å². The van der Waals surface area contributed by atoms with E-state index in [4.69, 9.17) is 9.47 Å². The molecule has 10 nitrogen and oxygen atoms in total. The van der Waals surface area contributed by atoms with Gasteiger partial charge in [-0.3, -0.25) is 19.2 Å². The Hall–Kier alpha value is -2.17. The Balaban J connectivity index is 4.59. The Morgan fingerprint density at radius 3 is 1.46 bits per heavy atom. The van der Waals surface area contributed by atoms with Crippen molar-refractivity contribution in [2.75, 3.05) is 38.2 Å². The van der Waals surface area contributed by atoms with Crippen molar-refractivity contribution in [3.8, 4) is 0 Å². The zero-order chi connectivity index (χ0) is 43.7. The number of unbranched alkanes of at least 4 members (excludes halogenated alkanes) is 23. The summed E-state index contributed by atoms with van der Waals surface area (Å²) in [5, 5.41) is 2.65. The van der Waals surface area contributed by atoms with E-state index in [0.717, 1.165) is 103 Å². The maximum atomic E-state index is 13.3. The molecule has 0 saturated carbocycles. The van der Waals surface area contributed by atoms with E-state index in [1.165, 1.54) is 96.3 Å². The number of carbonyl (C=O) groups excluding carboxylic acids is 4. The van der Waals surface area contributed by atoms with Crippen LogP contribution in [-0.4, -0.2) is 81.4 Å². The maximum Gasteiger partial charge on any atom is 0.306 e. The van der Waals surface area contributed by atoms with Crippen LogP contribution < -0.4 is 5.32 Å². The van der Waals surface area contributed by atoms with E-state index in [-0.39, 0.29) is 23.9 Å². The molecule has 59 heavy (non-hydrogen) atoms. The quantitative estimate of drug-likeness (QED) is 0.0472. The summed E-state index contributed by atoms with van der Waals surface area (Å²) in [4.78, 5) is 52.0. The van der Waals surface area contributed by atoms with Gasteiger partial charge in [-0.15, -0.1) is 0 Å². The van der Waals surface area contributed by atoms with Crippen LogP contribution in [0.5, 0.6) is 0 Å². The highest BCUT2D eigenvalue weighted by molar-refractivity contribution is 7.91. The number of nitrogens with one attached hydrogen (secondary N) is 1. The lowest BCUT2D eigenvalue weighted by Gasteiger charge is -2.23. The highest BCUT2D eigenvalue weighted by Crippen LogP contribution is 2.19. The number of nitrogens with zero attached hydrogens (tertiary/aromatic N) is 1. The van der Waals surface area contributed by atoms with Gasteiger partial charge in [-0.05, 0) is 64.2 Å². The van der Waals surface area contributed by atoms with E-state index in [2.05, 4.69) is 26.1 Å². The Morgan fingerprint density at radius 2 is 0.932 bits per heavy atom. The number of hydrogen-bond donors (Lipinski definition) is 1. The highest BCUT2D eigenvalue weighted by Gasteiger charge is 2.16. The fourth-order valence-electron chi connectivity index (χ4n) is 7.44. The molecule has 0 aromatic heterocycles. The van der Waals surface area contributed by atoms with Gasteiger partial charge in [-0.25, -0.2) is 8.42 Å². The molecule has 0 aromatic carbocycles. The average molecular weight is 857 g/mol. The molecule has 0 bridgehead atoms. The van der Waals surface area contributed by atoms with Crippen LogP contribution in [0.4, 0.5) is 0 Å². The third-order valence-electron chi connectivity index (χ3n) is 11.1. The molecule has 348 valence electrons. The van der Waals surface area contributed by atoms with Gasteiger partial charge in [0.1, 0.15) is 11.9 Å². The molecule has 0 atom stereocenters. The number of esters is 2. The fraction of sp³-hybridized carbons (Fsp3) is 0.917. The molecule has 0 aromatic rings. The number of sulfone groups is 1. The van der Waals surface area contributed by atoms with Gasteiger partial charge in [0.15, 0.2) is 9.84 Å². The lowest BCUT2D eigenvalue weighted by molar-refractivity contribution is -0.150. The van der Waals surface area contributed by atoms with Crippen LogP contribution in [0.1, 0.15) is 239 Å². The lowest BCUT2D eigenvalue weighted by atomic mass is 10.0. The average Bonchev–Trinajstić information content (AvgIpc) is 3.19. The van der Waals surface area contributed by atoms with E-state index >= 15 is 0 Å². The molecule has 0 heterocycles. The van der Waals surface area contributed by atoms with Crippen LogP contribution >= 0.6 is 0 Å². The first-order valence-electron chi connectivity index (χ1n) is 24.6. The zero-order valence-corrected chi connectivity index (χ0v) is 39.6. The topological polar surface area (TPSA) is 136 Å². The largest absolute Gasteiger partial charge is 0.466 e. The highest BCUT2D eigenvalue weighted by atomic mass is 32.2. The Morgan fingerprint density at radius 1 is 0.508 bits per heavy atom. The molecule has 0 aliphatic heterocycles. The molecular formula is C48H92N2O8S. The molecule has 0 aliphatic rings. The molecule has 11 heteroatoms. The van der Waals surface area contributed by atoms with Crippen molar-refractivity contribution in [3.63, 3.8) is 0 Å². The van der Waals surface area contributed by atoms with Gasteiger partial charge in [0, 0.05) is 45.2 Å². The Labute approximate surface area is 363 Å². The van der Waals surface area contributed by atoms with Gasteiger partial charge in [0.25, 0.3) is 0 Å². The minimum absolute atomic E-state index is 0.0321. The van der Waals surface area contributed by atoms with Crippen molar-refractivity contribution in [1.82, 2.24) is 10.2 Å². The predicted octanol–water partition coefficient (Wildman–Crippen LogP) is 11.8. The molecule has 0 radical (unpaired) electrons. The van der Waals surface area contributed by atoms with Crippen LogP contribution in [0.15, 0.2) is 0 Å². The van der Waals surface area contributed by atoms with Crippen LogP contribution in [0.3, 0.4) is 0 Å². The lowest BCUT2D eigenvalue weighted by Crippen LogP contribution is -2.36. The first-order chi connectivity index (χ1) is 28.5. The smallest absolute Gasteiger partial charge is 0.306 e. The van der Waals surface area contributed by atoms with E-state index in [1.807, 2.05) is 4.90 Å². The molecule has 0 rings (SSSR count). The standard InChI is InChI=1S/C48H92N2O8S/c1-5-8-11-14-17-25-32-42-57-47(53)37-29-21-18-24-31-40-50(41-33-39-49-45(51)43-59(4,55)56)46(52)36-28-22-23-30-38-48(54)58-44(34-26-19-15-12-9-6-2)35-27-20-16-13-10-7-3/h44H,5-43H2,1-4H3,(H,49,51). The van der Waals surface area contributed by atoms with Crippen molar-refractivity contribution in [3.05, 3.63) is 0 Å². The zero-order valence-electron chi connectivity index (χ0n) is 38.8. The normalized spacial score (nSPS) is 11.5.